The van der Waals surface area contributed by atoms with E-state index < -0.39 is 5.60 Å². The lowest BCUT2D eigenvalue weighted by Crippen LogP contribution is -2.32. The fraction of sp³-hybridized carbons (Fsp3) is 0.545. The second kappa shape index (κ2) is 7.33. The Kier molecular flexibility index (Phi) is 5.02. The number of nitrogens with zero attached hydrogens (tertiary/aromatic N) is 3. The third-order valence-corrected chi connectivity index (χ3v) is 5.63. The maximum absolute atomic E-state index is 10.3. The van der Waals surface area contributed by atoms with Gasteiger partial charge in [0.1, 0.15) is 5.82 Å². The molecule has 3 N–H and O–H groups in total. The van der Waals surface area contributed by atoms with Gasteiger partial charge in [-0.3, -0.25) is 0 Å². The lowest BCUT2D eigenvalue weighted by Gasteiger charge is -2.31. The summed E-state index contributed by atoms with van der Waals surface area (Å²) in [6.45, 7) is 7.31. The highest BCUT2D eigenvalue weighted by Crippen LogP contribution is 2.40. The van der Waals surface area contributed by atoms with Gasteiger partial charge in [-0.25, -0.2) is 4.98 Å². The van der Waals surface area contributed by atoms with Crippen LogP contribution in [-0.2, 0) is 18.6 Å². The summed E-state index contributed by atoms with van der Waals surface area (Å²) in [5.74, 6) is 2.09. The highest BCUT2D eigenvalue weighted by molar-refractivity contribution is 5.50. The second-order valence-corrected chi connectivity index (χ2v) is 8.69. The number of fused-ring (bicyclic) bond motifs is 1. The molecule has 1 saturated carbocycles. The van der Waals surface area contributed by atoms with Crippen LogP contribution in [0.3, 0.4) is 0 Å². The fourth-order valence-electron chi connectivity index (χ4n) is 3.66. The number of anilines is 2. The van der Waals surface area contributed by atoms with Crippen LogP contribution < -0.4 is 10.2 Å². The Labute approximate surface area is 166 Å². The molecule has 2 aliphatic rings. The lowest BCUT2D eigenvalue weighted by molar-refractivity contribution is 0.0785. The summed E-state index contributed by atoms with van der Waals surface area (Å²) in [5.41, 5.74) is 3.83. The van der Waals surface area contributed by atoms with Crippen molar-refractivity contribution in [3.05, 3.63) is 46.6 Å². The summed E-state index contributed by atoms with van der Waals surface area (Å²) in [4.78, 5) is 11.7. The van der Waals surface area contributed by atoms with Crippen LogP contribution in [0.2, 0.25) is 0 Å². The summed E-state index contributed by atoms with van der Waals surface area (Å²) >= 11 is 0. The smallest absolute Gasteiger partial charge is 0.225 e. The van der Waals surface area contributed by atoms with Crippen LogP contribution in [0, 0.1) is 0 Å². The zero-order valence-corrected chi connectivity index (χ0v) is 16.9. The van der Waals surface area contributed by atoms with Gasteiger partial charge in [-0.05, 0) is 56.7 Å². The molecule has 1 aromatic carbocycles. The van der Waals surface area contributed by atoms with Crippen LogP contribution in [0.15, 0.2) is 24.3 Å². The average Bonchev–Trinajstić information content (AvgIpc) is 3.51. The van der Waals surface area contributed by atoms with Crippen molar-refractivity contribution < 1.29 is 10.2 Å². The molecule has 0 spiro atoms. The summed E-state index contributed by atoms with van der Waals surface area (Å²) in [5, 5.41) is 22.8. The summed E-state index contributed by atoms with van der Waals surface area (Å²) in [6, 6.07) is 8.34. The van der Waals surface area contributed by atoms with Gasteiger partial charge in [0, 0.05) is 31.1 Å². The Morgan fingerprint density at radius 1 is 1.21 bits per heavy atom. The second-order valence-electron chi connectivity index (χ2n) is 8.69. The molecule has 1 aliphatic carbocycles. The molecule has 0 amide bonds. The van der Waals surface area contributed by atoms with Crippen LogP contribution in [0.5, 0.6) is 0 Å². The number of nitrogens with one attached hydrogen (secondary N) is 1. The Morgan fingerprint density at radius 2 is 2.00 bits per heavy atom. The number of rotatable bonds is 6. The third-order valence-electron chi connectivity index (χ3n) is 5.63. The van der Waals surface area contributed by atoms with E-state index in [1.807, 2.05) is 26.8 Å². The van der Waals surface area contributed by atoms with Gasteiger partial charge in [-0.15, -0.1) is 0 Å². The van der Waals surface area contributed by atoms with E-state index in [1.165, 1.54) is 24.0 Å². The molecule has 1 fully saturated rings. The summed E-state index contributed by atoms with van der Waals surface area (Å²) < 4.78 is 0. The maximum Gasteiger partial charge on any atom is 0.225 e. The normalized spacial score (nSPS) is 18.0. The fourth-order valence-corrected chi connectivity index (χ4v) is 3.66. The van der Waals surface area contributed by atoms with Gasteiger partial charge in [0.15, 0.2) is 0 Å². The minimum absolute atomic E-state index is 0.0486. The molecule has 0 bridgehead atoms. The number of hydrogen-bond donors (Lipinski definition) is 3. The van der Waals surface area contributed by atoms with E-state index in [0.29, 0.717) is 11.9 Å². The van der Waals surface area contributed by atoms with E-state index in [1.54, 1.807) is 0 Å². The van der Waals surface area contributed by atoms with Crippen molar-refractivity contribution in [1.29, 1.82) is 0 Å². The largest absolute Gasteiger partial charge is 0.394 e. The third kappa shape index (κ3) is 4.13. The Hall–Kier alpha value is -2.18. The zero-order chi connectivity index (χ0) is 19.9. The van der Waals surface area contributed by atoms with Crippen molar-refractivity contribution in [1.82, 2.24) is 9.97 Å². The van der Waals surface area contributed by atoms with Crippen LogP contribution in [-0.4, -0.2) is 39.4 Å². The van der Waals surface area contributed by atoms with Crippen molar-refractivity contribution in [3.63, 3.8) is 0 Å². The molecular weight excluding hydrogens is 352 g/mol. The average molecular weight is 383 g/mol. The number of aliphatic hydroxyl groups is 2. The lowest BCUT2D eigenvalue weighted by atomic mass is 9.91. The SMILES string of the molecule is C[C@@H](CO)Nc1nc(C2CC2)cc(N2CCc3cc(C(C)(C)O)ccc3C2)n1. The molecule has 6 nitrogen and oxygen atoms in total. The molecule has 28 heavy (non-hydrogen) atoms. The van der Waals surface area contributed by atoms with Gasteiger partial charge >= 0.3 is 0 Å². The quantitative estimate of drug-likeness (QED) is 0.713. The van der Waals surface area contributed by atoms with E-state index in [0.717, 1.165) is 36.6 Å². The number of benzene rings is 1. The molecule has 6 heteroatoms. The maximum atomic E-state index is 10.3. The van der Waals surface area contributed by atoms with Gasteiger partial charge in [-0.1, -0.05) is 18.2 Å². The monoisotopic (exact) mass is 382 g/mol. The first-order valence-electron chi connectivity index (χ1n) is 10.2. The van der Waals surface area contributed by atoms with Crippen LogP contribution in [0.4, 0.5) is 11.8 Å². The molecule has 2 heterocycles. The van der Waals surface area contributed by atoms with Gasteiger partial charge in [0.05, 0.1) is 17.9 Å². The molecular formula is C22H30N4O2. The van der Waals surface area contributed by atoms with E-state index in [9.17, 15) is 10.2 Å². The minimum Gasteiger partial charge on any atom is -0.394 e. The van der Waals surface area contributed by atoms with Crippen LogP contribution in [0.1, 0.15) is 61.9 Å². The topological polar surface area (TPSA) is 81.5 Å². The molecule has 2 aromatic rings. The standard InChI is InChI=1S/C22H30N4O2/c1-14(13-27)23-21-24-19(15-4-5-15)11-20(25-21)26-9-8-16-10-18(22(2,3)28)7-6-17(16)12-26/h6-7,10-11,14-15,27-28H,4-5,8-9,12-13H2,1-3H3,(H,23,24,25)/t14-/m0/s1. The Balaban J connectivity index is 1.59. The molecule has 0 saturated heterocycles. The highest BCUT2D eigenvalue weighted by atomic mass is 16.3. The first-order valence-corrected chi connectivity index (χ1v) is 10.2. The van der Waals surface area contributed by atoms with Crippen molar-refractivity contribution in [2.45, 2.75) is 64.1 Å². The number of aliphatic hydroxyl groups excluding tert-OH is 1. The van der Waals surface area contributed by atoms with Gasteiger partial charge in [0.2, 0.25) is 5.95 Å². The van der Waals surface area contributed by atoms with Crippen molar-refractivity contribution in [2.75, 3.05) is 23.4 Å². The van der Waals surface area contributed by atoms with Crippen LogP contribution in [0.25, 0.3) is 0 Å². The van der Waals surface area contributed by atoms with E-state index >= 15 is 0 Å². The van der Waals surface area contributed by atoms with Gasteiger partial charge in [0.25, 0.3) is 0 Å². The predicted molar refractivity (Wildman–Crippen MR) is 111 cm³/mol. The Morgan fingerprint density at radius 3 is 2.68 bits per heavy atom. The molecule has 4 rings (SSSR count). The predicted octanol–water partition coefficient (Wildman–Crippen LogP) is 2.94. The van der Waals surface area contributed by atoms with E-state index in [4.69, 9.17) is 4.98 Å². The van der Waals surface area contributed by atoms with Crippen molar-refractivity contribution in [2.24, 2.45) is 0 Å². The molecule has 1 atom stereocenters. The van der Waals surface area contributed by atoms with Gasteiger partial charge in [-0.2, -0.15) is 4.98 Å². The number of hydrogen-bond acceptors (Lipinski definition) is 6. The molecule has 150 valence electrons. The first kappa shape index (κ1) is 19.2. The molecule has 1 aromatic heterocycles. The molecule has 1 aliphatic heterocycles. The van der Waals surface area contributed by atoms with E-state index in [2.05, 4.69) is 33.4 Å². The summed E-state index contributed by atoms with van der Waals surface area (Å²) in [7, 11) is 0. The molecule has 0 unspecified atom stereocenters. The first-order chi connectivity index (χ1) is 13.3. The van der Waals surface area contributed by atoms with Crippen molar-refractivity contribution >= 4 is 11.8 Å². The van der Waals surface area contributed by atoms with Gasteiger partial charge < -0.3 is 20.4 Å². The highest BCUT2D eigenvalue weighted by Gasteiger charge is 2.28. The molecule has 0 radical (unpaired) electrons. The summed E-state index contributed by atoms with van der Waals surface area (Å²) in [6.07, 6.45) is 3.31. The van der Waals surface area contributed by atoms with Crippen LogP contribution >= 0.6 is 0 Å². The zero-order valence-electron chi connectivity index (χ0n) is 16.9. The Bertz CT molecular complexity index is 858. The van der Waals surface area contributed by atoms with Crippen molar-refractivity contribution in [3.8, 4) is 0 Å². The van der Waals surface area contributed by atoms with E-state index in [-0.39, 0.29) is 12.6 Å². The minimum atomic E-state index is -0.818. The number of aromatic nitrogens is 2.